The van der Waals surface area contributed by atoms with Gasteiger partial charge in [-0.2, -0.15) is 5.26 Å². The smallest absolute Gasteiger partial charge is 0.238 e. The van der Waals surface area contributed by atoms with Crippen LogP contribution < -0.4 is 10.9 Å². The third-order valence-corrected chi connectivity index (χ3v) is 12.5. The Balaban J connectivity index is 1.74. The Morgan fingerprint density at radius 2 is 1.62 bits per heavy atom. The van der Waals surface area contributed by atoms with Crippen LogP contribution in [0.15, 0.2) is 23.3 Å². The van der Waals surface area contributed by atoms with Crippen LogP contribution in [0.1, 0.15) is 120 Å². The van der Waals surface area contributed by atoms with E-state index >= 15 is 0 Å². The molecule has 2 amide bonds. The van der Waals surface area contributed by atoms with Crippen LogP contribution in [0, 0.1) is 56.2 Å². The lowest BCUT2D eigenvalue weighted by molar-refractivity contribution is -0.135. The zero-order chi connectivity index (χ0) is 31.3. The fourth-order valence-corrected chi connectivity index (χ4v) is 9.15. The summed E-state index contributed by atoms with van der Waals surface area (Å²) in [4.78, 5) is 51.0. The van der Waals surface area contributed by atoms with Crippen LogP contribution in [0.2, 0.25) is 0 Å². The van der Waals surface area contributed by atoms with Crippen molar-refractivity contribution in [2.75, 3.05) is 0 Å². The van der Waals surface area contributed by atoms with Gasteiger partial charge in [0.25, 0.3) is 0 Å². The van der Waals surface area contributed by atoms with Gasteiger partial charge in [-0.15, -0.1) is 0 Å². The third-order valence-electron chi connectivity index (χ3n) is 12.5. The number of carbonyl (C=O) groups excluding carboxylic acids is 4. The number of hydrazine groups is 1. The van der Waals surface area contributed by atoms with Gasteiger partial charge in [0.05, 0.1) is 5.57 Å². The van der Waals surface area contributed by atoms with E-state index in [-0.39, 0.29) is 68.4 Å². The SMILES string of the molecule is CC(=O)NNC(=O)CC[C@@]1(C)CCC(C)(C)CCC2C(=O)C=C3[C@@]4(C)C=C(C#N)C(=O)[C@@H](C)[C@@H]4CC[C@@]3(C)[C@]2(C)CC1. The van der Waals surface area contributed by atoms with E-state index in [1.807, 2.05) is 19.1 Å². The fraction of sp³-hybridized carbons (Fsp3) is 0.743. The van der Waals surface area contributed by atoms with E-state index < -0.39 is 5.41 Å². The molecular weight excluding hydrogens is 526 g/mol. The lowest BCUT2D eigenvalue weighted by Gasteiger charge is -2.64. The Morgan fingerprint density at radius 1 is 0.952 bits per heavy atom. The zero-order valence-electron chi connectivity index (χ0n) is 27.0. The van der Waals surface area contributed by atoms with Crippen molar-refractivity contribution in [2.24, 2.45) is 44.8 Å². The first kappa shape index (κ1) is 32.2. The summed E-state index contributed by atoms with van der Waals surface area (Å²) in [6.45, 7) is 17.0. The number of hydrogen-bond acceptors (Lipinski definition) is 5. The molecule has 1 unspecified atom stereocenters. The van der Waals surface area contributed by atoms with Crippen molar-refractivity contribution in [2.45, 2.75) is 120 Å². The largest absolute Gasteiger partial charge is 0.295 e. The number of nitrogens with zero attached hydrogens (tertiary/aromatic N) is 1. The Bertz CT molecular complexity index is 1270. The number of amides is 2. The number of hydrogen-bond donors (Lipinski definition) is 2. The van der Waals surface area contributed by atoms with Crippen LogP contribution >= 0.6 is 0 Å². The Labute approximate surface area is 252 Å². The molecule has 0 radical (unpaired) electrons. The number of fused-ring (bicyclic) bond motifs is 5. The number of nitriles is 1. The molecule has 4 rings (SSSR count). The van der Waals surface area contributed by atoms with Gasteiger partial charge in [-0.25, -0.2) is 0 Å². The molecule has 0 spiro atoms. The highest BCUT2D eigenvalue weighted by Crippen LogP contribution is 2.69. The van der Waals surface area contributed by atoms with Crippen LogP contribution in [-0.4, -0.2) is 23.4 Å². The average Bonchev–Trinajstić information content (AvgIpc) is 2.92. The molecule has 0 aromatic carbocycles. The van der Waals surface area contributed by atoms with Gasteiger partial charge in [0.15, 0.2) is 11.6 Å². The molecule has 7 atom stereocenters. The molecule has 2 N–H and O–H groups in total. The van der Waals surface area contributed by atoms with Crippen molar-refractivity contribution in [1.82, 2.24) is 10.9 Å². The second kappa shape index (κ2) is 11.1. The number of allylic oxidation sites excluding steroid dienone is 4. The molecule has 4 aliphatic carbocycles. The monoisotopic (exact) mass is 577 g/mol. The minimum absolute atomic E-state index is 0.0658. The van der Waals surface area contributed by atoms with Crippen molar-refractivity contribution in [3.8, 4) is 6.07 Å². The summed E-state index contributed by atoms with van der Waals surface area (Å²) < 4.78 is 0. The Morgan fingerprint density at radius 3 is 2.26 bits per heavy atom. The first-order valence-corrected chi connectivity index (χ1v) is 15.9. The number of rotatable bonds is 3. The first-order chi connectivity index (χ1) is 19.4. The van der Waals surface area contributed by atoms with Crippen molar-refractivity contribution < 1.29 is 19.2 Å². The first-order valence-electron chi connectivity index (χ1n) is 15.9. The molecule has 7 nitrogen and oxygen atoms in total. The molecule has 0 aromatic rings. The van der Waals surface area contributed by atoms with E-state index in [0.717, 1.165) is 56.9 Å². The molecular formula is C35H51N3O4. The van der Waals surface area contributed by atoms with Gasteiger partial charge in [-0.05, 0) is 91.4 Å². The normalized spacial score (nSPS) is 39.7. The van der Waals surface area contributed by atoms with Gasteiger partial charge < -0.3 is 0 Å². The summed E-state index contributed by atoms with van der Waals surface area (Å²) in [6.07, 6.45) is 12.2. The van der Waals surface area contributed by atoms with Gasteiger partial charge in [0.1, 0.15) is 6.07 Å². The zero-order valence-corrected chi connectivity index (χ0v) is 27.0. The van der Waals surface area contributed by atoms with E-state index in [0.29, 0.717) is 12.8 Å². The van der Waals surface area contributed by atoms with E-state index in [2.05, 4.69) is 58.5 Å². The molecule has 230 valence electrons. The minimum Gasteiger partial charge on any atom is -0.295 e. The van der Waals surface area contributed by atoms with Crippen molar-refractivity contribution >= 4 is 23.4 Å². The highest BCUT2D eigenvalue weighted by molar-refractivity contribution is 6.02. The second-order valence-electron chi connectivity index (χ2n) is 15.8. The van der Waals surface area contributed by atoms with Crippen LogP contribution in [-0.2, 0) is 19.2 Å². The van der Waals surface area contributed by atoms with E-state index in [4.69, 9.17) is 0 Å². The minimum atomic E-state index is -0.519. The van der Waals surface area contributed by atoms with E-state index in [9.17, 15) is 24.4 Å². The Hall–Kier alpha value is -2.75. The van der Waals surface area contributed by atoms with Gasteiger partial charge in [0.2, 0.25) is 11.8 Å². The third kappa shape index (κ3) is 5.51. The summed E-state index contributed by atoms with van der Waals surface area (Å²) in [7, 11) is 0. The summed E-state index contributed by atoms with van der Waals surface area (Å²) in [5.74, 6) is -0.657. The highest BCUT2D eigenvalue weighted by Gasteiger charge is 2.63. The molecule has 0 aliphatic heterocycles. The molecule has 2 fully saturated rings. The number of Topliss-reactive ketones (excluding diaryl/α,β-unsaturated/α-hetero) is 1. The molecule has 4 aliphatic rings. The maximum absolute atomic E-state index is 14.2. The predicted octanol–water partition coefficient (Wildman–Crippen LogP) is 6.54. The van der Waals surface area contributed by atoms with Crippen LogP contribution in [0.25, 0.3) is 0 Å². The van der Waals surface area contributed by atoms with Gasteiger partial charge >= 0.3 is 0 Å². The topological polar surface area (TPSA) is 116 Å². The molecule has 7 heteroatoms. The molecule has 0 bridgehead atoms. The van der Waals surface area contributed by atoms with Crippen molar-refractivity contribution in [1.29, 1.82) is 5.26 Å². The van der Waals surface area contributed by atoms with E-state index in [1.54, 1.807) is 0 Å². The standard InChI is InChI=1S/C35H51N3O4/c1-22-25-10-14-35(8)28(33(25,6)20-24(21-36)30(22)42)19-27(40)26-9-12-31(3,4)15-16-32(5,17-18-34(26,35)7)13-11-29(41)38-37-23(2)39/h19-20,22,25-26H,9-18H2,1-8H3,(H,37,39)(H,38,41)/t22-,25-,26?,32-,33-,34+,35+/m0/s1. The fourth-order valence-electron chi connectivity index (χ4n) is 9.15. The maximum atomic E-state index is 14.2. The van der Waals surface area contributed by atoms with Gasteiger partial charge in [0, 0.05) is 30.6 Å². The molecule has 0 aromatic heterocycles. The summed E-state index contributed by atoms with van der Waals surface area (Å²) in [5.41, 5.74) is 5.12. The van der Waals surface area contributed by atoms with Crippen LogP contribution in [0.5, 0.6) is 0 Å². The summed E-state index contributed by atoms with van der Waals surface area (Å²) in [6, 6.07) is 2.16. The number of ketones is 2. The molecule has 2 saturated carbocycles. The average molecular weight is 578 g/mol. The quantitative estimate of drug-likeness (QED) is 0.369. The van der Waals surface area contributed by atoms with Crippen LogP contribution in [0.3, 0.4) is 0 Å². The van der Waals surface area contributed by atoms with Gasteiger partial charge in [-0.1, -0.05) is 60.1 Å². The number of nitrogens with one attached hydrogen (secondary N) is 2. The van der Waals surface area contributed by atoms with E-state index in [1.165, 1.54) is 6.92 Å². The van der Waals surface area contributed by atoms with Gasteiger partial charge in [-0.3, -0.25) is 30.0 Å². The highest BCUT2D eigenvalue weighted by atomic mass is 16.2. The predicted molar refractivity (Wildman–Crippen MR) is 162 cm³/mol. The lowest BCUT2D eigenvalue weighted by atomic mass is 9.39. The molecule has 42 heavy (non-hydrogen) atoms. The molecule has 0 heterocycles. The lowest BCUT2D eigenvalue weighted by Crippen LogP contribution is -2.58. The summed E-state index contributed by atoms with van der Waals surface area (Å²) >= 11 is 0. The van der Waals surface area contributed by atoms with Crippen molar-refractivity contribution in [3.63, 3.8) is 0 Å². The summed E-state index contributed by atoms with van der Waals surface area (Å²) in [5, 5.41) is 9.84. The Kier molecular flexibility index (Phi) is 8.48. The number of carbonyl (C=O) groups is 4. The van der Waals surface area contributed by atoms with Crippen LogP contribution in [0.4, 0.5) is 0 Å². The van der Waals surface area contributed by atoms with Crippen molar-refractivity contribution in [3.05, 3.63) is 23.3 Å². The second-order valence-corrected chi connectivity index (χ2v) is 15.8. The molecule has 0 saturated heterocycles. The maximum Gasteiger partial charge on any atom is 0.238 e.